The van der Waals surface area contributed by atoms with Gasteiger partial charge in [0, 0.05) is 6.42 Å². The molecule has 8 atom stereocenters. The number of allylic oxidation sites excluding steroid dienone is 1. The molecule has 31 heavy (non-hydrogen) atoms. The van der Waals surface area contributed by atoms with E-state index >= 15 is 0 Å². The van der Waals surface area contributed by atoms with Crippen LogP contribution >= 0.6 is 0 Å². The fraction of sp³-hybridized carbons (Fsp3) is 0.885. The second kappa shape index (κ2) is 7.60. The van der Waals surface area contributed by atoms with E-state index in [0.717, 1.165) is 44.9 Å². The number of Topliss-reactive ketones (excluding diaryl/α,β-unsaturated/α-hetero) is 1. The molecule has 3 saturated carbocycles. The van der Waals surface area contributed by atoms with Gasteiger partial charge >= 0.3 is 6.18 Å². The first-order valence-corrected chi connectivity index (χ1v) is 12.3. The highest BCUT2D eigenvalue weighted by atomic mass is 19.4. The summed E-state index contributed by atoms with van der Waals surface area (Å²) in [5.74, 6) is 0.896. The second-order valence-electron chi connectivity index (χ2n) is 12.1. The summed E-state index contributed by atoms with van der Waals surface area (Å²) in [5, 5.41) is 10.6. The zero-order chi connectivity index (χ0) is 22.8. The molecule has 0 unspecified atom stereocenters. The second-order valence-corrected chi connectivity index (χ2v) is 12.1. The lowest BCUT2D eigenvalue weighted by molar-refractivity contribution is -0.171. The van der Waals surface area contributed by atoms with Crippen molar-refractivity contribution in [2.75, 3.05) is 0 Å². The zero-order valence-corrected chi connectivity index (χ0v) is 19.5. The molecular weight excluding hydrogens is 401 g/mol. The Bertz CT molecular complexity index is 754. The van der Waals surface area contributed by atoms with Gasteiger partial charge in [-0.1, -0.05) is 32.4 Å². The quantitative estimate of drug-likeness (QED) is 0.485. The summed E-state index contributed by atoms with van der Waals surface area (Å²) >= 11 is 0. The maximum absolute atomic E-state index is 12.7. The molecule has 0 aromatic rings. The van der Waals surface area contributed by atoms with Crippen LogP contribution in [0, 0.1) is 40.4 Å². The number of rotatable bonds is 4. The largest absolute Gasteiger partial charge is 0.449 e. The molecule has 0 heterocycles. The summed E-state index contributed by atoms with van der Waals surface area (Å²) in [7, 11) is 0. The van der Waals surface area contributed by atoms with Gasteiger partial charge in [0.15, 0.2) is 0 Å². The number of carbonyl (C=O) groups is 1. The van der Waals surface area contributed by atoms with Crippen LogP contribution in [-0.4, -0.2) is 22.7 Å². The molecule has 0 bridgehead atoms. The third kappa shape index (κ3) is 3.91. The van der Waals surface area contributed by atoms with Gasteiger partial charge in [0.05, 0.1) is 5.60 Å². The Morgan fingerprint density at radius 3 is 2.52 bits per heavy atom. The van der Waals surface area contributed by atoms with Crippen LogP contribution in [0.4, 0.5) is 13.2 Å². The van der Waals surface area contributed by atoms with Gasteiger partial charge in [-0.15, -0.1) is 0 Å². The maximum Gasteiger partial charge on any atom is 0.449 e. The highest BCUT2D eigenvalue weighted by molar-refractivity contribution is 5.83. The van der Waals surface area contributed by atoms with Crippen molar-refractivity contribution in [2.45, 2.75) is 104 Å². The van der Waals surface area contributed by atoms with Crippen molar-refractivity contribution in [1.29, 1.82) is 0 Å². The first-order valence-electron chi connectivity index (χ1n) is 12.3. The molecule has 0 aromatic carbocycles. The van der Waals surface area contributed by atoms with E-state index in [4.69, 9.17) is 0 Å². The van der Waals surface area contributed by atoms with Gasteiger partial charge in [0.25, 0.3) is 0 Å². The molecule has 4 aliphatic carbocycles. The molecule has 0 amide bonds. The summed E-state index contributed by atoms with van der Waals surface area (Å²) in [6, 6.07) is 0. The van der Waals surface area contributed by atoms with Crippen LogP contribution in [0.15, 0.2) is 11.6 Å². The Hall–Kier alpha value is -0.840. The van der Waals surface area contributed by atoms with Crippen LogP contribution in [0.5, 0.6) is 0 Å². The molecule has 0 spiro atoms. The molecule has 0 aliphatic heterocycles. The Morgan fingerprint density at radius 1 is 1.13 bits per heavy atom. The number of aliphatic hydroxyl groups is 1. The van der Waals surface area contributed by atoms with Crippen molar-refractivity contribution in [1.82, 2.24) is 0 Å². The lowest BCUT2D eigenvalue weighted by atomic mass is 9.46. The topological polar surface area (TPSA) is 37.3 Å². The monoisotopic (exact) mass is 440 g/mol. The summed E-state index contributed by atoms with van der Waals surface area (Å²) in [6.07, 6.45) is 6.04. The third-order valence-electron chi connectivity index (χ3n) is 10.3. The average molecular weight is 441 g/mol. The Morgan fingerprint density at radius 2 is 1.84 bits per heavy atom. The first-order chi connectivity index (χ1) is 14.3. The molecule has 3 fully saturated rings. The third-order valence-corrected chi connectivity index (χ3v) is 10.3. The maximum atomic E-state index is 12.7. The average Bonchev–Trinajstić information content (AvgIpc) is 3.02. The van der Waals surface area contributed by atoms with E-state index in [1.807, 2.05) is 6.92 Å². The van der Waals surface area contributed by atoms with Crippen molar-refractivity contribution >= 4 is 5.78 Å². The molecule has 0 radical (unpaired) electrons. The van der Waals surface area contributed by atoms with E-state index in [2.05, 4.69) is 26.8 Å². The van der Waals surface area contributed by atoms with Crippen molar-refractivity contribution in [3.05, 3.63) is 11.6 Å². The van der Waals surface area contributed by atoms with Crippen LogP contribution in [0.2, 0.25) is 0 Å². The lowest BCUT2D eigenvalue weighted by Gasteiger charge is -2.59. The van der Waals surface area contributed by atoms with Crippen molar-refractivity contribution < 1.29 is 23.1 Å². The predicted molar refractivity (Wildman–Crippen MR) is 115 cm³/mol. The van der Waals surface area contributed by atoms with E-state index in [1.165, 1.54) is 12.0 Å². The normalized spacial score (nSPS) is 45.9. The Kier molecular flexibility index (Phi) is 5.72. The van der Waals surface area contributed by atoms with Gasteiger partial charge in [0.2, 0.25) is 5.78 Å². The highest BCUT2D eigenvalue weighted by Gasteiger charge is 2.59. The number of hydrogen-bond donors (Lipinski definition) is 1. The van der Waals surface area contributed by atoms with Crippen molar-refractivity contribution in [2.24, 2.45) is 40.4 Å². The van der Waals surface area contributed by atoms with E-state index in [9.17, 15) is 23.1 Å². The molecular formula is C26H39F3O2. The van der Waals surface area contributed by atoms with Crippen LogP contribution < -0.4 is 0 Å². The van der Waals surface area contributed by atoms with E-state index in [1.54, 1.807) is 0 Å². The molecule has 4 rings (SSSR count). The summed E-state index contributed by atoms with van der Waals surface area (Å²) in [6.45, 7) is 8.84. The zero-order valence-electron chi connectivity index (χ0n) is 19.5. The molecule has 4 aliphatic rings. The molecule has 1 N–H and O–H groups in total. The number of alkyl halides is 3. The van der Waals surface area contributed by atoms with Crippen LogP contribution in [0.1, 0.15) is 91.9 Å². The summed E-state index contributed by atoms with van der Waals surface area (Å²) in [5.41, 5.74) is 1.24. The lowest BCUT2D eigenvalue weighted by Crippen LogP contribution is -2.52. The SMILES string of the molecule is C[C@H](CCC(=O)C(F)(F)F)[C@H]1CC[C@H]2[C@@H]3CC=C4C[C@@](C)(O)CC[C@]4(C)[C@H]3CC[C@]12C. The minimum atomic E-state index is -4.70. The first kappa shape index (κ1) is 23.3. The van der Waals surface area contributed by atoms with Crippen molar-refractivity contribution in [3.63, 3.8) is 0 Å². The van der Waals surface area contributed by atoms with Gasteiger partial charge < -0.3 is 5.11 Å². The summed E-state index contributed by atoms with van der Waals surface area (Å²) < 4.78 is 38.0. The predicted octanol–water partition coefficient (Wildman–Crippen LogP) is 6.86. The van der Waals surface area contributed by atoms with E-state index < -0.39 is 17.6 Å². The van der Waals surface area contributed by atoms with Gasteiger partial charge in [-0.3, -0.25) is 4.79 Å². The van der Waals surface area contributed by atoms with E-state index in [0.29, 0.717) is 30.1 Å². The number of halogens is 3. The van der Waals surface area contributed by atoms with Gasteiger partial charge in [0.1, 0.15) is 0 Å². The van der Waals surface area contributed by atoms with Crippen LogP contribution in [0.25, 0.3) is 0 Å². The number of carbonyl (C=O) groups excluding carboxylic acids is 1. The molecule has 176 valence electrons. The number of ketones is 1. The minimum Gasteiger partial charge on any atom is -0.390 e. The summed E-state index contributed by atoms with van der Waals surface area (Å²) in [4.78, 5) is 11.4. The van der Waals surface area contributed by atoms with E-state index in [-0.39, 0.29) is 23.2 Å². The standard InChI is InChI=1S/C26H39F3O2/c1-16(5-10-22(30)26(27,28)29)19-8-9-20-18-7-6-17-15-23(2,31)13-14-24(17,3)21(18)11-12-25(19,20)4/h6,16,18-21,31H,5,7-15H2,1-4H3/t16-,18+,19-,20+,21+,23+,24+,25-/m1/s1. The Labute approximate surface area is 185 Å². The molecule has 2 nitrogen and oxygen atoms in total. The number of fused-ring (bicyclic) bond motifs is 5. The van der Waals surface area contributed by atoms with Crippen LogP contribution in [0.3, 0.4) is 0 Å². The van der Waals surface area contributed by atoms with Crippen LogP contribution in [-0.2, 0) is 4.79 Å². The minimum absolute atomic E-state index is 0.146. The number of hydrogen-bond acceptors (Lipinski definition) is 2. The fourth-order valence-electron chi connectivity index (χ4n) is 8.48. The molecule has 5 heteroatoms. The highest BCUT2D eigenvalue weighted by Crippen LogP contribution is 2.67. The molecule has 0 aromatic heterocycles. The van der Waals surface area contributed by atoms with Crippen molar-refractivity contribution in [3.8, 4) is 0 Å². The Balaban J connectivity index is 1.49. The van der Waals surface area contributed by atoms with Gasteiger partial charge in [-0.05, 0) is 105 Å². The molecule has 0 saturated heterocycles. The fourth-order valence-corrected chi connectivity index (χ4v) is 8.48. The smallest absolute Gasteiger partial charge is 0.390 e. The van der Waals surface area contributed by atoms with Gasteiger partial charge in [-0.2, -0.15) is 13.2 Å². The van der Waals surface area contributed by atoms with Gasteiger partial charge in [-0.25, -0.2) is 0 Å².